The molecule has 1 unspecified atom stereocenters. The number of nitrogens with zero attached hydrogens (tertiary/aromatic N) is 2. The highest BCUT2D eigenvalue weighted by Gasteiger charge is 2.27. The molecule has 6 nitrogen and oxygen atoms in total. The van der Waals surface area contributed by atoms with Gasteiger partial charge in [-0.25, -0.2) is 4.79 Å². The minimum absolute atomic E-state index is 0.123. The van der Waals surface area contributed by atoms with Crippen molar-refractivity contribution in [1.82, 2.24) is 15.5 Å². The quantitative estimate of drug-likeness (QED) is 0.872. The first-order valence-electron chi connectivity index (χ1n) is 8.11. The first kappa shape index (κ1) is 16.9. The van der Waals surface area contributed by atoms with E-state index in [1.165, 1.54) is 11.3 Å². The van der Waals surface area contributed by atoms with Gasteiger partial charge in [-0.2, -0.15) is 0 Å². The van der Waals surface area contributed by atoms with Gasteiger partial charge in [0.1, 0.15) is 5.01 Å². The van der Waals surface area contributed by atoms with E-state index in [2.05, 4.69) is 46.8 Å². The highest BCUT2D eigenvalue weighted by Crippen LogP contribution is 2.34. The van der Waals surface area contributed by atoms with Gasteiger partial charge in [0, 0.05) is 18.6 Å². The van der Waals surface area contributed by atoms with Crippen LogP contribution in [0.2, 0.25) is 0 Å². The molecule has 24 heavy (non-hydrogen) atoms. The van der Waals surface area contributed by atoms with E-state index in [9.17, 15) is 4.79 Å². The molecule has 1 aromatic carbocycles. The lowest BCUT2D eigenvalue weighted by Crippen LogP contribution is -2.35. The summed E-state index contributed by atoms with van der Waals surface area (Å²) in [5, 5.41) is 15.3. The van der Waals surface area contributed by atoms with Gasteiger partial charge < -0.3 is 10.1 Å². The summed E-state index contributed by atoms with van der Waals surface area (Å²) in [5.41, 5.74) is 0.906. The number of amides is 2. The van der Waals surface area contributed by atoms with Crippen LogP contribution in [0.1, 0.15) is 37.3 Å². The summed E-state index contributed by atoms with van der Waals surface area (Å²) in [6, 6.07) is 9.88. The Hall–Kier alpha value is -1.99. The van der Waals surface area contributed by atoms with Crippen molar-refractivity contribution in [2.24, 2.45) is 0 Å². The fourth-order valence-electron chi connectivity index (χ4n) is 2.66. The number of hydrogen-bond acceptors (Lipinski definition) is 5. The molecule has 1 saturated heterocycles. The minimum Gasteiger partial charge on any atom is -0.376 e. The smallest absolute Gasteiger partial charge is 0.321 e. The fourth-order valence-corrected chi connectivity index (χ4v) is 3.52. The van der Waals surface area contributed by atoms with Crippen molar-refractivity contribution < 1.29 is 9.53 Å². The number of ether oxygens (including phenoxy) is 1. The molecule has 2 amide bonds. The zero-order valence-electron chi connectivity index (χ0n) is 13.9. The molecular weight excluding hydrogens is 324 g/mol. The van der Waals surface area contributed by atoms with E-state index < -0.39 is 0 Å². The number of carbonyl (C=O) groups excluding carboxylic acids is 1. The first-order valence-corrected chi connectivity index (χ1v) is 8.93. The minimum atomic E-state index is -0.272. The molecule has 2 aromatic rings. The number of carbonyl (C=O) groups is 1. The maximum atomic E-state index is 12.0. The maximum absolute atomic E-state index is 12.0. The number of anilines is 1. The normalized spacial score (nSPS) is 17.7. The summed E-state index contributed by atoms with van der Waals surface area (Å²) in [4.78, 5) is 12.0. The van der Waals surface area contributed by atoms with Crippen LogP contribution in [-0.4, -0.2) is 35.5 Å². The van der Waals surface area contributed by atoms with Gasteiger partial charge in [-0.05, 0) is 32.3 Å². The zero-order valence-corrected chi connectivity index (χ0v) is 14.7. The average Bonchev–Trinajstić information content (AvgIpc) is 3.26. The molecule has 0 bridgehead atoms. The summed E-state index contributed by atoms with van der Waals surface area (Å²) in [5.74, 6) is 0. The molecule has 2 N–H and O–H groups in total. The Kier molecular flexibility index (Phi) is 5.11. The van der Waals surface area contributed by atoms with Gasteiger partial charge in [-0.1, -0.05) is 41.7 Å². The lowest BCUT2D eigenvalue weighted by molar-refractivity contribution is 0.112. The van der Waals surface area contributed by atoms with E-state index in [0.29, 0.717) is 11.7 Å². The van der Waals surface area contributed by atoms with Gasteiger partial charge in [0.2, 0.25) is 5.13 Å². The Morgan fingerprint density at radius 2 is 2.12 bits per heavy atom. The summed E-state index contributed by atoms with van der Waals surface area (Å²) in [6.07, 6.45) is 2.18. The highest BCUT2D eigenvalue weighted by molar-refractivity contribution is 7.15. The number of nitrogens with one attached hydrogen (secondary N) is 2. The molecule has 128 valence electrons. The van der Waals surface area contributed by atoms with Crippen LogP contribution in [0.4, 0.5) is 9.93 Å². The Morgan fingerprint density at radius 3 is 2.83 bits per heavy atom. The van der Waals surface area contributed by atoms with E-state index in [4.69, 9.17) is 4.74 Å². The third-order valence-electron chi connectivity index (χ3n) is 4.19. The van der Waals surface area contributed by atoms with Crippen molar-refractivity contribution in [3.8, 4) is 0 Å². The van der Waals surface area contributed by atoms with Gasteiger partial charge >= 0.3 is 6.03 Å². The highest BCUT2D eigenvalue weighted by atomic mass is 32.1. The second-order valence-corrected chi connectivity index (χ2v) is 7.35. The van der Waals surface area contributed by atoms with Gasteiger partial charge in [0.05, 0.1) is 6.10 Å². The van der Waals surface area contributed by atoms with Crippen LogP contribution in [0.25, 0.3) is 0 Å². The van der Waals surface area contributed by atoms with E-state index in [0.717, 1.165) is 30.0 Å². The molecule has 0 aliphatic carbocycles. The van der Waals surface area contributed by atoms with E-state index in [1.807, 2.05) is 18.2 Å². The lowest BCUT2D eigenvalue weighted by atomic mass is 9.85. The molecule has 1 fully saturated rings. The van der Waals surface area contributed by atoms with Crippen LogP contribution < -0.4 is 10.6 Å². The van der Waals surface area contributed by atoms with Crippen molar-refractivity contribution >= 4 is 22.5 Å². The molecule has 1 atom stereocenters. The van der Waals surface area contributed by atoms with Crippen molar-refractivity contribution in [2.75, 3.05) is 18.5 Å². The standard InChI is InChI=1S/C17H22N4O2S/c1-17(2,12-7-4-3-5-8-12)14-20-21-16(24-14)19-15(22)18-11-13-9-6-10-23-13/h3-5,7-8,13H,6,9-11H2,1-2H3,(H2,18,19,21,22). The molecule has 0 radical (unpaired) electrons. The summed E-state index contributed by atoms with van der Waals surface area (Å²) in [6.45, 7) is 5.50. The molecule has 0 saturated carbocycles. The summed E-state index contributed by atoms with van der Waals surface area (Å²) in [7, 11) is 0. The van der Waals surface area contributed by atoms with E-state index in [1.54, 1.807) is 0 Å². The maximum Gasteiger partial charge on any atom is 0.321 e. The fraction of sp³-hybridized carbons (Fsp3) is 0.471. The monoisotopic (exact) mass is 346 g/mol. The van der Waals surface area contributed by atoms with Crippen molar-refractivity contribution in [2.45, 2.75) is 38.2 Å². The topological polar surface area (TPSA) is 76.1 Å². The molecule has 3 rings (SSSR count). The third-order valence-corrected chi connectivity index (χ3v) is 5.35. The van der Waals surface area contributed by atoms with Crippen LogP contribution in [0, 0.1) is 0 Å². The second kappa shape index (κ2) is 7.27. The number of rotatable bonds is 5. The number of benzene rings is 1. The predicted octanol–water partition coefficient (Wildman–Crippen LogP) is 3.16. The second-order valence-electron chi connectivity index (χ2n) is 6.37. The van der Waals surface area contributed by atoms with Crippen molar-refractivity contribution in [1.29, 1.82) is 0 Å². The van der Waals surface area contributed by atoms with Crippen LogP contribution in [0.3, 0.4) is 0 Å². The lowest BCUT2D eigenvalue weighted by Gasteiger charge is -2.21. The number of hydrogen-bond donors (Lipinski definition) is 2. The van der Waals surface area contributed by atoms with Crippen LogP contribution >= 0.6 is 11.3 Å². The van der Waals surface area contributed by atoms with Crippen LogP contribution in [0.15, 0.2) is 30.3 Å². The molecule has 1 aromatic heterocycles. The average molecular weight is 346 g/mol. The molecule has 1 aliphatic heterocycles. The Balaban J connectivity index is 1.59. The number of aromatic nitrogens is 2. The van der Waals surface area contributed by atoms with Crippen LogP contribution in [-0.2, 0) is 10.2 Å². The first-order chi connectivity index (χ1) is 11.6. The number of urea groups is 1. The third kappa shape index (κ3) is 3.91. The van der Waals surface area contributed by atoms with Gasteiger partial charge in [-0.15, -0.1) is 10.2 Å². The molecule has 2 heterocycles. The summed E-state index contributed by atoms with van der Waals surface area (Å²) < 4.78 is 5.48. The van der Waals surface area contributed by atoms with Gasteiger partial charge in [-0.3, -0.25) is 5.32 Å². The molecule has 7 heteroatoms. The van der Waals surface area contributed by atoms with Crippen molar-refractivity contribution in [3.63, 3.8) is 0 Å². The van der Waals surface area contributed by atoms with Gasteiger partial charge in [0.15, 0.2) is 0 Å². The predicted molar refractivity (Wildman–Crippen MR) is 94.5 cm³/mol. The van der Waals surface area contributed by atoms with Gasteiger partial charge in [0.25, 0.3) is 0 Å². The molecule has 1 aliphatic rings. The van der Waals surface area contributed by atoms with E-state index in [-0.39, 0.29) is 17.6 Å². The van der Waals surface area contributed by atoms with Crippen LogP contribution in [0.5, 0.6) is 0 Å². The Morgan fingerprint density at radius 1 is 1.33 bits per heavy atom. The SMILES string of the molecule is CC(C)(c1ccccc1)c1nnc(NC(=O)NCC2CCCO2)s1. The largest absolute Gasteiger partial charge is 0.376 e. The zero-order chi connectivity index (χ0) is 17.0. The molecule has 0 spiro atoms. The van der Waals surface area contributed by atoms with E-state index >= 15 is 0 Å². The Labute approximate surface area is 145 Å². The Bertz CT molecular complexity index is 681. The molecular formula is C17H22N4O2S. The summed E-state index contributed by atoms with van der Waals surface area (Å²) >= 11 is 1.40. The van der Waals surface area contributed by atoms with Crippen molar-refractivity contribution in [3.05, 3.63) is 40.9 Å².